The average Bonchev–Trinajstić information content (AvgIpc) is 3.06. The van der Waals surface area contributed by atoms with Gasteiger partial charge in [-0.1, -0.05) is 36.0 Å². The molecule has 0 aliphatic carbocycles. The number of para-hydroxylation sites is 1. The normalized spacial score (nSPS) is 16.7. The summed E-state index contributed by atoms with van der Waals surface area (Å²) in [7, 11) is 0. The lowest BCUT2D eigenvalue weighted by atomic mass is 9.98. The van der Waals surface area contributed by atoms with Crippen molar-refractivity contribution in [2.75, 3.05) is 11.1 Å². The zero-order valence-electron chi connectivity index (χ0n) is 16.1. The van der Waals surface area contributed by atoms with Crippen molar-refractivity contribution in [3.8, 4) is 0 Å². The van der Waals surface area contributed by atoms with E-state index in [0.29, 0.717) is 0 Å². The summed E-state index contributed by atoms with van der Waals surface area (Å²) in [5.41, 5.74) is 4.23. The SMILES string of the molecule is CCn1c(SCC(=O)Nc2ccccc2)nnc1C1=CC(C)NC(C)=C1C. The van der Waals surface area contributed by atoms with Gasteiger partial charge in [-0.15, -0.1) is 10.2 Å². The van der Waals surface area contributed by atoms with Crippen LogP contribution < -0.4 is 10.6 Å². The van der Waals surface area contributed by atoms with E-state index in [4.69, 9.17) is 0 Å². The smallest absolute Gasteiger partial charge is 0.234 e. The van der Waals surface area contributed by atoms with Gasteiger partial charge in [0.15, 0.2) is 11.0 Å². The number of dihydropyridines is 1. The van der Waals surface area contributed by atoms with Crippen molar-refractivity contribution < 1.29 is 4.79 Å². The Hall–Kier alpha value is -2.54. The zero-order valence-corrected chi connectivity index (χ0v) is 16.9. The molecule has 1 atom stereocenters. The Kier molecular flexibility index (Phi) is 6.01. The number of nitrogens with one attached hydrogen (secondary N) is 2. The van der Waals surface area contributed by atoms with E-state index >= 15 is 0 Å². The van der Waals surface area contributed by atoms with Crippen LogP contribution in [-0.2, 0) is 11.3 Å². The van der Waals surface area contributed by atoms with Crippen LogP contribution in [0, 0.1) is 0 Å². The molecule has 1 aliphatic heterocycles. The number of anilines is 1. The van der Waals surface area contributed by atoms with Crippen molar-refractivity contribution in [3.63, 3.8) is 0 Å². The van der Waals surface area contributed by atoms with Gasteiger partial charge in [0.2, 0.25) is 5.91 Å². The Balaban J connectivity index is 1.74. The number of rotatable bonds is 6. The Bertz CT molecular complexity index is 885. The minimum absolute atomic E-state index is 0.0555. The second-order valence-corrected chi connectivity index (χ2v) is 7.46. The van der Waals surface area contributed by atoms with Gasteiger partial charge < -0.3 is 15.2 Å². The minimum Gasteiger partial charge on any atom is -0.382 e. The fourth-order valence-corrected chi connectivity index (χ4v) is 3.84. The second kappa shape index (κ2) is 8.43. The summed E-state index contributed by atoms with van der Waals surface area (Å²) in [4.78, 5) is 12.2. The van der Waals surface area contributed by atoms with Gasteiger partial charge in [0.1, 0.15) is 0 Å². The highest BCUT2D eigenvalue weighted by Crippen LogP contribution is 2.29. The predicted octanol–water partition coefficient (Wildman–Crippen LogP) is 3.70. The van der Waals surface area contributed by atoms with E-state index in [2.05, 4.69) is 59.2 Å². The van der Waals surface area contributed by atoms with E-state index in [1.165, 1.54) is 17.3 Å². The van der Waals surface area contributed by atoms with Crippen molar-refractivity contribution in [2.45, 2.75) is 45.4 Å². The Morgan fingerprint density at radius 2 is 2.00 bits per heavy atom. The maximum absolute atomic E-state index is 12.2. The third-order valence-electron chi connectivity index (χ3n) is 4.49. The van der Waals surface area contributed by atoms with E-state index in [0.717, 1.165) is 34.5 Å². The van der Waals surface area contributed by atoms with Crippen LogP contribution in [0.15, 0.2) is 52.8 Å². The first kappa shape index (κ1) is 19.2. The number of allylic oxidation sites excluding steroid dienone is 3. The summed E-state index contributed by atoms with van der Waals surface area (Å²) in [6, 6.07) is 9.71. The van der Waals surface area contributed by atoms with E-state index < -0.39 is 0 Å². The highest BCUT2D eigenvalue weighted by molar-refractivity contribution is 7.99. The van der Waals surface area contributed by atoms with E-state index in [-0.39, 0.29) is 17.7 Å². The second-order valence-electron chi connectivity index (χ2n) is 6.52. The van der Waals surface area contributed by atoms with Crippen LogP contribution in [0.4, 0.5) is 5.69 Å². The number of benzene rings is 1. The fourth-order valence-electron chi connectivity index (χ4n) is 3.04. The molecular formula is C20H25N5OS. The lowest BCUT2D eigenvalue weighted by Crippen LogP contribution is -2.27. The molecule has 27 heavy (non-hydrogen) atoms. The Morgan fingerprint density at radius 3 is 2.70 bits per heavy atom. The molecule has 2 N–H and O–H groups in total. The molecule has 1 amide bonds. The van der Waals surface area contributed by atoms with Gasteiger partial charge in [-0.25, -0.2) is 0 Å². The first-order chi connectivity index (χ1) is 13.0. The average molecular weight is 384 g/mol. The molecule has 0 saturated carbocycles. The van der Waals surface area contributed by atoms with E-state index in [1.807, 2.05) is 30.3 Å². The molecule has 1 aliphatic rings. The molecule has 2 heterocycles. The van der Waals surface area contributed by atoms with Gasteiger partial charge in [-0.05, 0) is 45.4 Å². The summed E-state index contributed by atoms with van der Waals surface area (Å²) in [5.74, 6) is 1.09. The van der Waals surface area contributed by atoms with E-state index in [1.54, 1.807) is 0 Å². The van der Waals surface area contributed by atoms with Crippen LogP contribution in [0.3, 0.4) is 0 Å². The topological polar surface area (TPSA) is 71.8 Å². The highest BCUT2D eigenvalue weighted by atomic mass is 32.2. The molecule has 7 heteroatoms. The largest absolute Gasteiger partial charge is 0.382 e. The number of amides is 1. The number of thioether (sulfide) groups is 1. The molecule has 2 aromatic rings. The molecule has 3 rings (SSSR count). The number of carbonyl (C=O) groups excluding carboxylic acids is 1. The van der Waals surface area contributed by atoms with Crippen molar-refractivity contribution in [2.24, 2.45) is 0 Å². The van der Waals surface area contributed by atoms with Crippen LogP contribution in [0.2, 0.25) is 0 Å². The maximum Gasteiger partial charge on any atom is 0.234 e. The maximum atomic E-state index is 12.2. The zero-order chi connectivity index (χ0) is 19.4. The van der Waals surface area contributed by atoms with Gasteiger partial charge in [0.25, 0.3) is 0 Å². The molecule has 0 fully saturated rings. The fraction of sp³-hybridized carbons (Fsp3) is 0.350. The number of nitrogens with zero attached hydrogens (tertiary/aromatic N) is 3. The summed E-state index contributed by atoms with van der Waals surface area (Å²) < 4.78 is 2.07. The highest BCUT2D eigenvalue weighted by Gasteiger charge is 2.21. The molecule has 0 spiro atoms. The summed E-state index contributed by atoms with van der Waals surface area (Å²) in [5, 5.41) is 15.8. The first-order valence-corrected chi connectivity index (χ1v) is 10.1. The monoisotopic (exact) mass is 383 g/mol. The molecule has 142 valence electrons. The molecule has 1 aromatic heterocycles. The van der Waals surface area contributed by atoms with Gasteiger partial charge in [0, 0.05) is 29.5 Å². The van der Waals surface area contributed by atoms with Gasteiger partial charge >= 0.3 is 0 Å². The molecular weight excluding hydrogens is 358 g/mol. The molecule has 1 aromatic carbocycles. The van der Waals surface area contributed by atoms with Gasteiger partial charge in [-0.2, -0.15) is 0 Å². The van der Waals surface area contributed by atoms with Gasteiger partial charge in [0.05, 0.1) is 5.75 Å². The molecule has 0 saturated heterocycles. The molecule has 0 bridgehead atoms. The van der Waals surface area contributed by atoms with Crippen LogP contribution in [0.5, 0.6) is 0 Å². The molecule has 0 radical (unpaired) electrons. The Labute approximate surface area is 164 Å². The van der Waals surface area contributed by atoms with Crippen molar-refractivity contribution >= 4 is 28.9 Å². The summed E-state index contributed by atoms with van der Waals surface area (Å²) >= 11 is 1.41. The molecule has 6 nitrogen and oxygen atoms in total. The third kappa shape index (κ3) is 4.42. The van der Waals surface area contributed by atoms with Crippen molar-refractivity contribution in [3.05, 3.63) is 53.5 Å². The molecule has 1 unspecified atom stereocenters. The third-order valence-corrected chi connectivity index (χ3v) is 5.46. The number of carbonyl (C=O) groups is 1. The van der Waals surface area contributed by atoms with Crippen LogP contribution in [-0.4, -0.2) is 32.5 Å². The number of hydrogen-bond donors (Lipinski definition) is 2. The van der Waals surface area contributed by atoms with Crippen LogP contribution >= 0.6 is 11.8 Å². The van der Waals surface area contributed by atoms with E-state index in [9.17, 15) is 4.79 Å². The number of hydrogen-bond acceptors (Lipinski definition) is 5. The van der Waals surface area contributed by atoms with Crippen molar-refractivity contribution in [1.82, 2.24) is 20.1 Å². The summed E-state index contributed by atoms with van der Waals surface area (Å²) in [6.45, 7) is 9.10. The van der Waals surface area contributed by atoms with Crippen LogP contribution in [0.1, 0.15) is 33.5 Å². The lowest BCUT2D eigenvalue weighted by molar-refractivity contribution is -0.113. The lowest BCUT2D eigenvalue weighted by Gasteiger charge is -2.23. The summed E-state index contributed by atoms with van der Waals surface area (Å²) in [6.07, 6.45) is 2.18. The number of aromatic nitrogens is 3. The first-order valence-electron chi connectivity index (χ1n) is 9.07. The van der Waals surface area contributed by atoms with Crippen molar-refractivity contribution in [1.29, 1.82) is 0 Å². The Morgan fingerprint density at radius 1 is 1.26 bits per heavy atom. The quantitative estimate of drug-likeness (QED) is 0.744. The predicted molar refractivity (Wildman–Crippen MR) is 110 cm³/mol. The standard InChI is InChI=1S/C20H25N5OS/c1-5-25-19(17-11-13(2)21-15(4)14(17)3)23-24-20(25)27-12-18(26)22-16-9-7-6-8-10-16/h6-11,13,21H,5,12H2,1-4H3,(H,22,26). The minimum atomic E-state index is -0.0555. The van der Waals surface area contributed by atoms with Crippen LogP contribution in [0.25, 0.3) is 5.57 Å². The van der Waals surface area contributed by atoms with Gasteiger partial charge in [-0.3, -0.25) is 4.79 Å².